The molecule has 0 fully saturated rings. The Morgan fingerprint density at radius 1 is 0.956 bits per heavy atom. The van der Waals surface area contributed by atoms with Gasteiger partial charge in [0.15, 0.2) is 5.82 Å². The molecule has 6 rings (SSSR count). The van der Waals surface area contributed by atoms with Crippen LogP contribution in [0.4, 0.5) is 0 Å². The number of pyridine rings is 1. The number of aryl methyl sites for hydroxylation is 3. The molecule has 1 aliphatic rings. The van der Waals surface area contributed by atoms with Crippen molar-refractivity contribution < 1.29 is 23.6 Å². The third-order valence-corrected chi connectivity index (χ3v) is 9.65. The van der Waals surface area contributed by atoms with Crippen molar-refractivity contribution >= 4 is 17.0 Å². The van der Waals surface area contributed by atoms with Gasteiger partial charge in [0.2, 0.25) is 5.88 Å². The minimum absolute atomic E-state index is 0.0474. The number of benzene rings is 3. The number of aromatic nitrogens is 3. The molecule has 0 amide bonds. The molecule has 0 aliphatic carbocycles. The van der Waals surface area contributed by atoms with E-state index in [1.54, 1.807) is 6.07 Å². The third-order valence-electron chi connectivity index (χ3n) is 8.25. The van der Waals surface area contributed by atoms with E-state index < -0.39 is 17.0 Å². The summed E-state index contributed by atoms with van der Waals surface area (Å²) in [5.74, 6) is 0.0898. The van der Waals surface area contributed by atoms with Crippen molar-refractivity contribution in [1.29, 1.82) is 0 Å². The van der Waals surface area contributed by atoms with Crippen molar-refractivity contribution in [2.24, 2.45) is 0 Å². The molecular weight excluding hydrogens is 588 g/mol. The zero-order valence-corrected chi connectivity index (χ0v) is 26.6. The first kappa shape index (κ1) is 30.2. The molecule has 10 heteroatoms. The summed E-state index contributed by atoms with van der Waals surface area (Å²) in [4.78, 5) is 17.2. The normalized spacial score (nSPS) is 13.4. The molecule has 1 unspecified atom stereocenters. The number of ether oxygens (including phenoxy) is 2. The minimum atomic E-state index is -1.24. The van der Waals surface area contributed by atoms with E-state index in [2.05, 4.69) is 25.0 Å². The number of hydrogen-bond donors (Lipinski definition) is 1. The van der Waals surface area contributed by atoms with Crippen LogP contribution in [0.3, 0.4) is 0 Å². The van der Waals surface area contributed by atoms with Crippen molar-refractivity contribution in [3.05, 3.63) is 117 Å². The van der Waals surface area contributed by atoms with Gasteiger partial charge in [0.1, 0.15) is 28.9 Å². The molecule has 0 spiro atoms. The topological polar surface area (TPSA) is 107 Å². The highest BCUT2D eigenvalue weighted by Crippen LogP contribution is 2.36. The van der Waals surface area contributed by atoms with Gasteiger partial charge < -0.3 is 14.6 Å². The van der Waals surface area contributed by atoms with Gasteiger partial charge in [-0.1, -0.05) is 42.0 Å². The van der Waals surface area contributed by atoms with Gasteiger partial charge in [-0.15, -0.1) is 0 Å². The molecule has 0 saturated carbocycles. The van der Waals surface area contributed by atoms with Crippen LogP contribution in [-0.2, 0) is 30.7 Å². The van der Waals surface area contributed by atoms with Crippen LogP contribution in [0.5, 0.6) is 11.6 Å². The molecule has 2 aromatic heterocycles. The van der Waals surface area contributed by atoms with Crippen molar-refractivity contribution in [3.63, 3.8) is 0 Å². The average molecular weight is 623 g/mol. The van der Waals surface area contributed by atoms with Crippen LogP contribution in [-0.4, -0.2) is 41.5 Å². The Bertz CT molecular complexity index is 1950. The van der Waals surface area contributed by atoms with Crippen molar-refractivity contribution in [2.45, 2.75) is 52.3 Å². The van der Waals surface area contributed by atoms with Gasteiger partial charge in [-0.2, -0.15) is 9.78 Å². The fourth-order valence-electron chi connectivity index (χ4n) is 5.76. The molecule has 0 radical (unpaired) electrons. The smallest absolute Gasteiger partial charge is 0.342 e. The molecule has 0 saturated heterocycles. The Morgan fingerprint density at radius 2 is 1.69 bits per heavy atom. The molecule has 9 nitrogen and oxygen atoms in total. The maximum Gasteiger partial charge on any atom is 0.342 e. The lowest BCUT2D eigenvalue weighted by Gasteiger charge is -2.18. The second-order valence-electron chi connectivity index (χ2n) is 11.2. The number of hydrogen-bond acceptors (Lipinski definition) is 6. The lowest BCUT2D eigenvalue weighted by atomic mass is 9.95. The number of nitrogens with zero attached hydrogens (tertiary/aromatic N) is 4. The number of carboxylic acids is 1. The Hall–Kier alpha value is -4.80. The molecule has 0 bridgehead atoms. The fourth-order valence-corrected chi connectivity index (χ4v) is 6.92. The first-order chi connectivity index (χ1) is 21.7. The number of methoxy groups -OCH3 is 1. The Balaban J connectivity index is 1.27. The van der Waals surface area contributed by atoms with Crippen LogP contribution in [0.15, 0.2) is 77.8 Å². The van der Waals surface area contributed by atoms with E-state index in [4.69, 9.17) is 14.5 Å². The molecule has 5 aromatic rings. The van der Waals surface area contributed by atoms with Crippen LogP contribution >= 0.6 is 0 Å². The van der Waals surface area contributed by atoms with Gasteiger partial charge >= 0.3 is 5.97 Å². The summed E-state index contributed by atoms with van der Waals surface area (Å²) in [6, 6.07) is 21.4. The molecule has 45 heavy (non-hydrogen) atoms. The van der Waals surface area contributed by atoms with Crippen molar-refractivity contribution in [1.82, 2.24) is 19.1 Å². The van der Waals surface area contributed by atoms with Crippen molar-refractivity contribution in [3.8, 4) is 28.7 Å². The molecule has 1 N–H and O–H groups in total. The maximum absolute atomic E-state index is 13.4. The summed E-state index contributed by atoms with van der Waals surface area (Å²) in [6.07, 6.45) is 1.25. The zero-order chi connectivity index (χ0) is 31.8. The number of aromatic carboxylic acids is 1. The van der Waals surface area contributed by atoms with Gasteiger partial charge in [-0.25, -0.2) is 18.3 Å². The Morgan fingerprint density at radius 3 is 2.42 bits per heavy atom. The fraction of sp³-hybridized carbons (Fsp3) is 0.229. The Kier molecular flexibility index (Phi) is 8.26. The van der Waals surface area contributed by atoms with Gasteiger partial charge in [0.25, 0.3) is 0 Å². The lowest BCUT2D eigenvalue weighted by Crippen LogP contribution is -2.19. The van der Waals surface area contributed by atoms with Crippen molar-refractivity contribution in [2.75, 3.05) is 7.11 Å². The van der Waals surface area contributed by atoms with E-state index in [1.807, 2.05) is 72.7 Å². The number of carbonyl (C=O) groups is 1. The molecule has 3 aromatic carbocycles. The van der Waals surface area contributed by atoms with Gasteiger partial charge in [0, 0.05) is 18.7 Å². The summed E-state index contributed by atoms with van der Waals surface area (Å²) in [7, 11) is 0.158. The average Bonchev–Trinajstić information content (AvgIpc) is 3.69. The van der Waals surface area contributed by atoms with Crippen LogP contribution in [0.25, 0.3) is 17.1 Å². The number of carboxylic acid groups (broad SMARTS) is 1. The van der Waals surface area contributed by atoms with E-state index >= 15 is 0 Å². The zero-order valence-electron chi connectivity index (χ0n) is 25.8. The summed E-state index contributed by atoms with van der Waals surface area (Å²) < 4.78 is 28.7. The van der Waals surface area contributed by atoms with E-state index in [9.17, 15) is 14.1 Å². The molecule has 3 heterocycles. The first-order valence-electron chi connectivity index (χ1n) is 14.6. The van der Waals surface area contributed by atoms with Crippen LogP contribution in [0.2, 0.25) is 0 Å². The summed E-state index contributed by atoms with van der Waals surface area (Å²) in [5, 5.41) is 13.7. The predicted molar refractivity (Wildman–Crippen MR) is 172 cm³/mol. The van der Waals surface area contributed by atoms with Gasteiger partial charge in [0.05, 0.1) is 23.9 Å². The highest BCUT2D eigenvalue weighted by atomic mass is 32.2. The first-order valence-corrected chi connectivity index (χ1v) is 15.7. The molecular formula is C35H34N4O5S. The SMILES string of the molecule is COc1c(C(=O)O)cnn1-c1cccc(-c2cccc(C)c2OCc2cc(C)c3c(c2C)CN(S(=O)c2ccc(C)cc2)C3)n1. The van der Waals surface area contributed by atoms with Gasteiger partial charge in [-0.3, -0.25) is 0 Å². The quantitative estimate of drug-likeness (QED) is 0.200. The van der Waals surface area contributed by atoms with E-state index in [-0.39, 0.29) is 11.4 Å². The van der Waals surface area contributed by atoms with E-state index in [1.165, 1.54) is 29.1 Å². The maximum atomic E-state index is 13.4. The number of rotatable bonds is 9. The molecule has 230 valence electrons. The third kappa shape index (κ3) is 5.74. The second-order valence-corrected chi connectivity index (χ2v) is 12.7. The summed E-state index contributed by atoms with van der Waals surface area (Å²) in [5.41, 5.74) is 9.33. The number of fused-ring (bicyclic) bond motifs is 1. The predicted octanol–water partition coefficient (Wildman–Crippen LogP) is 6.49. The summed E-state index contributed by atoms with van der Waals surface area (Å²) in [6.45, 7) is 9.85. The van der Waals surface area contributed by atoms with Crippen LogP contribution < -0.4 is 9.47 Å². The largest absolute Gasteiger partial charge is 0.488 e. The highest BCUT2D eigenvalue weighted by molar-refractivity contribution is 7.82. The molecule has 1 aliphatic heterocycles. The van der Waals surface area contributed by atoms with E-state index in [0.29, 0.717) is 37.0 Å². The van der Waals surface area contributed by atoms with Gasteiger partial charge in [-0.05, 0) is 91.4 Å². The monoisotopic (exact) mass is 622 g/mol. The van der Waals surface area contributed by atoms with E-state index in [0.717, 1.165) is 38.3 Å². The van der Waals surface area contributed by atoms with Crippen LogP contribution in [0.1, 0.15) is 49.3 Å². The standard InChI is InChI=1S/C35H34N4O5S/c1-21-12-14-26(15-13-21)45(42)38-18-29-23(3)16-25(24(4)30(29)19-38)20-44-33-22(2)8-6-9-27(33)31-10-7-11-32(37-31)39-34(43-5)28(17-36-39)35(40)41/h6-17H,18-20H2,1-5H3,(H,40,41). The molecule has 1 atom stereocenters. The minimum Gasteiger partial charge on any atom is -0.488 e. The highest BCUT2D eigenvalue weighted by Gasteiger charge is 2.28. The Labute approximate surface area is 264 Å². The summed E-state index contributed by atoms with van der Waals surface area (Å²) >= 11 is 0. The van der Waals surface area contributed by atoms with Crippen LogP contribution in [0, 0.1) is 27.7 Å². The second kappa shape index (κ2) is 12.3. The number of para-hydroxylation sites is 1. The lowest BCUT2D eigenvalue weighted by molar-refractivity contribution is 0.0693.